The summed E-state index contributed by atoms with van der Waals surface area (Å²) in [6.07, 6.45) is 0. The molecule has 1 aliphatic heterocycles. The lowest BCUT2D eigenvalue weighted by Gasteiger charge is -2.30. The number of rotatable bonds is 2. The highest BCUT2D eigenvalue weighted by Gasteiger charge is 2.29. The average molecular weight is 235 g/mol. The maximum absolute atomic E-state index is 13.3. The monoisotopic (exact) mass is 235 g/mol. The van der Waals surface area contributed by atoms with Crippen LogP contribution in [0.25, 0.3) is 0 Å². The van der Waals surface area contributed by atoms with E-state index in [0.717, 1.165) is 5.56 Å². The predicted octanol–water partition coefficient (Wildman–Crippen LogP) is 2.21. The van der Waals surface area contributed by atoms with Gasteiger partial charge in [0.2, 0.25) is 0 Å². The Balaban J connectivity index is 2.31. The Morgan fingerprint density at radius 2 is 2.18 bits per heavy atom. The third-order valence-electron chi connectivity index (χ3n) is 3.15. The molecule has 1 heterocycles. The molecule has 2 N–H and O–H groups in total. The molecule has 92 valence electrons. The molecule has 0 spiro atoms. The number of guanidine groups is 1. The largest absolute Gasteiger partial charge is 0.370 e. The molecule has 0 radical (unpaired) electrons. The van der Waals surface area contributed by atoms with Gasteiger partial charge in [-0.2, -0.15) is 0 Å². The fourth-order valence-electron chi connectivity index (χ4n) is 2.27. The number of aryl methyl sites for hydroxylation is 1. The maximum atomic E-state index is 13.3. The quantitative estimate of drug-likeness (QED) is 0.854. The van der Waals surface area contributed by atoms with Crippen LogP contribution in [0.3, 0.4) is 0 Å². The van der Waals surface area contributed by atoms with E-state index in [2.05, 4.69) is 23.7 Å². The Bertz CT molecular complexity index is 454. The summed E-state index contributed by atoms with van der Waals surface area (Å²) in [6.45, 7) is 6.58. The van der Waals surface area contributed by atoms with Gasteiger partial charge in [-0.15, -0.1) is 0 Å². The van der Waals surface area contributed by atoms with Crippen LogP contribution < -0.4 is 5.73 Å². The summed E-state index contributed by atoms with van der Waals surface area (Å²) in [5.41, 5.74) is 7.61. The van der Waals surface area contributed by atoms with Crippen LogP contribution in [-0.2, 0) is 0 Å². The molecule has 0 saturated carbocycles. The minimum atomic E-state index is -0.170. The number of aliphatic imine (C=N–C) groups is 1. The molecule has 0 aliphatic carbocycles. The van der Waals surface area contributed by atoms with Gasteiger partial charge in [-0.25, -0.2) is 4.39 Å². The van der Waals surface area contributed by atoms with Crippen molar-refractivity contribution < 1.29 is 4.39 Å². The predicted molar refractivity (Wildman–Crippen MR) is 67.3 cm³/mol. The lowest BCUT2D eigenvalue weighted by molar-refractivity contribution is 0.290. The molecule has 1 aromatic rings. The summed E-state index contributed by atoms with van der Waals surface area (Å²) in [6, 6.07) is 5.63. The zero-order valence-electron chi connectivity index (χ0n) is 10.4. The molecule has 0 amide bonds. The Labute approximate surface area is 101 Å². The number of benzene rings is 1. The van der Waals surface area contributed by atoms with Crippen LogP contribution in [0.1, 0.15) is 31.0 Å². The molecular weight excluding hydrogens is 217 g/mol. The topological polar surface area (TPSA) is 41.6 Å². The van der Waals surface area contributed by atoms with Crippen molar-refractivity contribution in [2.45, 2.75) is 32.9 Å². The van der Waals surface area contributed by atoms with E-state index in [9.17, 15) is 4.39 Å². The van der Waals surface area contributed by atoms with Gasteiger partial charge >= 0.3 is 0 Å². The van der Waals surface area contributed by atoms with E-state index in [4.69, 9.17) is 5.73 Å². The smallest absolute Gasteiger partial charge is 0.192 e. The second-order valence-corrected chi connectivity index (χ2v) is 4.72. The normalized spacial score (nSPS) is 19.9. The van der Waals surface area contributed by atoms with Gasteiger partial charge in [0.05, 0.1) is 12.6 Å². The summed E-state index contributed by atoms with van der Waals surface area (Å²) in [7, 11) is 0. The lowest BCUT2D eigenvalue weighted by atomic mass is 10.0. The summed E-state index contributed by atoms with van der Waals surface area (Å²) in [4.78, 5) is 6.35. The van der Waals surface area contributed by atoms with Crippen molar-refractivity contribution in [2.75, 3.05) is 6.54 Å². The molecule has 0 saturated heterocycles. The van der Waals surface area contributed by atoms with Gasteiger partial charge in [0.1, 0.15) is 5.82 Å². The van der Waals surface area contributed by atoms with Crippen LogP contribution in [0, 0.1) is 12.7 Å². The highest BCUT2D eigenvalue weighted by Crippen LogP contribution is 2.28. The van der Waals surface area contributed by atoms with Crippen molar-refractivity contribution in [3.8, 4) is 0 Å². The van der Waals surface area contributed by atoms with Gasteiger partial charge in [0, 0.05) is 6.04 Å². The molecule has 0 bridgehead atoms. The Morgan fingerprint density at radius 1 is 1.47 bits per heavy atom. The van der Waals surface area contributed by atoms with E-state index < -0.39 is 0 Å². The van der Waals surface area contributed by atoms with Crippen molar-refractivity contribution in [1.82, 2.24) is 4.90 Å². The number of halogens is 1. The summed E-state index contributed by atoms with van der Waals surface area (Å²) in [5.74, 6) is 0.406. The van der Waals surface area contributed by atoms with Gasteiger partial charge in [-0.1, -0.05) is 12.1 Å². The van der Waals surface area contributed by atoms with E-state index in [0.29, 0.717) is 18.1 Å². The second-order valence-electron chi connectivity index (χ2n) is 4.72. The molecular formula is C13H18FN3. The highest BCUT2D eigenvalue weighted by atomic mass is 19.1. The Kier molecular flexibility index (Phi) is 3.05. The van der Waals surface area contributed by atoms with E-state index in [1.165, 1.54) is 6.07 Å². The molecule has 2 rings (SSSR count). The van der Waals surface area contributed by atoms with E-state index in [1.807, 2.05) is 12.1 Å². The highest BCUT2D eigenvalue weighted by molar-refractivity contribution is 5.80. The van der Waals surface area contributed by atoms with Gasteiger partial charge < -0.3 is 10.6 Å². The van der Waals surface area contributed by atoms with Crippen LogP contribution >= 0.6 is 0 Å². The Morgan fingerprint density at radius 3 is 2.76 bits per heavy atom. The van der Waals surface area contributed by atoms with Gasteiger partial charge in [-0.3, -0.25) is 4.99 Å². The van der Waals surface area contributed by atoms with Crippen molar-refractivity contribution in [1.29, 1.82) is 0 Å². The molecule has 0 fully saturated rings. The maximum Gasteiger partial charge on any atom is 0.192 e. The molecule has 3 nitrogen and oxygen atoms in total. The molecule has 1 aromatic carbocycles. The fraction of sp³-hybridized carbons (Fsp3) is 0.462. The molecule has 1 atom stereocenters. The third kappa shape index (κ3) is 2.12. The first-order valence-corrected chi connectivity index (χ1v) is 5.85. The molecule has 17 heavy (non-hydrogen) atoms. The van der Waals surface area contributed by atoms with Crippen molar-refractivity contribution >= 4 is 5.96 Å². The third-order valence-corrected chi connectivity index (χ3v) is 3.15. The van der Waals surface area contributed by atoms with Crippen LogP contribution in [0.15, 0.2) is 23.2 Å². The second kappa shape index (κ2) is 4.35. The van der Waals surface area contributed by atoms with Crippen molar-refractivity contribution in [3.63, 3.8) is 0 Å². The van der Waals surface area contributed by atoms with Crippen LogP contribution in [0.2, 0.25) is 0 Å². The van der Waals surface area contributed by atoms with Crippen molar-refractivity contribution in [2.24, 2.45) is 10.7 Å². The first-order chi connectivity index (χ1) is 8.00. The van der Waals surface area contributed by atoms with Gasteiger partial charge in [-0.05, 0) is 38.0 Å². The zero-order chi connectivity index (χ0) is 12.6. The number of nitrogens with zero attached hydrogens (tertiary/aromatic N) is 2. The fourth-order valence-corrected chi connectivity index (χ4v) is 2.27. The zero-order valence-corrected chi connectivity index (χ0v) is 10.4. The standard InChI is InChI=1S/C13H18FN3/c1-8(2)17-12(7-16-13(17)15)10-4-5-11(14)9(3)6-10/h4-6,8,12H,7H2,1-3H3,(H2,15,16). The summed E-state index contributed by atoms with van der Waals surface area (Å²) in [5, 5.41) is 0. The SMILES string of the molecule is Cc1cc(C2CN=C(N)N2C(C)C)ccc1F. The Hall–Kier alpha value is -1.58. The minimum absolute atomic E-state index is 0.134. The molecule has 0 aromatic heterocycles. The number of hydrogen-bond acceptors (Lipinski definition) is 3. The average Bonchev–Trinajstić information content (AvgIpc) is 2.64. The first kappa shape index (κ1) is 11.9. The van der Waals surface area contributed by atoms with Crippen molar-refractivity contribution in [3.05, 3.63) is 35.1 Å². The van der Waals surface area contributed by atoms with E-state index >= 15 is 0 Å². The van der Waals surface area contributed by atoms with Gasteiger partial charge in [0.25, 0.3) is 0 Å². The minimum Gasteiger partial charge on any atom is -0.370 e. The van der Waals surface area contributed by atoms with E-state index in [1.54, 1.807) is 6.92 Å². The molecule has 1 unspecified atom stereocenters. The number of nitrogens with two attached hydrogens (primary N) is 1. The summed E-state index contributed by atoms with van der Waals surface area (Å²) >= 11 is 0. The lowest BCUT2D eigenvalue weighted by Crippen LogP contribution is -2.40. The van der Waals surface area contributed by atoms with Crippen LogP contribution in [0.5, 0.6) is 0 Å². The van der Waals surface area contributed by atoms with Crippen LogP contribution in [-0.4, -0.2) is 23.4 Å². The van der Waals surface area contributed by atoms with Gasteiger partial charge in [0.15, 0.2) is 5.96 Å². The first-order valence-electron chi connectivity index (χ1n) is 5.85. The molecule has 4 heteroatoms. The van der Waals surface area contributed by atoms with Crippen LogP contribution in [0.4, 0.5) is 4.39 Å². The molecule has 1 aliphatic rings. The number of hydrogen-bond donors (Lipinski definition) is 1. The summed E-state index contributed by atoms with van der Waals surface area (Å²) < 4.78 is 13.3. The van der Waals surface area contributed by atoms with E-state index in [-0.39, 0.29) is 17.9 Å².